The van der Waals surface area contributed by atoms with Gasteiger partial charge in [-0.15, -0.1) is 0 Å². The van der Waals surface area contributed by atoms with Crippen molar-refractivity contribution in [2.45, 2.75) is 0 Å². The van der Waals surface area contributed by atoms with Gasteiger partial charge in [0.2, 0.25) is 0 Å². The highest BCUT2D eigenvalue weighted by Crippen LogP contribution is 2.09. The summed E-state index contributed by atoms with van der Waals surface area (Å²) in [5.74, 6) is 0. The average molecular weight is 185 g/mol. The van der Waals surface area contributed by atoms with Crippen molar-refractivity contribution in [3.63, 3.8) is 0 Å². The van der Waals surface area contributed by atoms with Crippen LogP contribution in [0.1, 0.15) is 5.69 Å². The lowest BCUT2D eigenvalue weighted by atomic mass is 10.4. The lowest BCUT2D eigenvalue weighted by Gasteiger charge is -1.91. The van der Waals surface area contributed by atoms with E-state index in [9.17, 15) is 0 Å². The van der Waals surface area contributed by atoms with Gasteiger partial charge < -0.3 is 0 Å². The van der Waals surface area contributed by atoms with Gasteiger partial charge in [0.15, 0.2) is 0 Å². The molecule has 46 valence electrons. The first-order chi connectivity index (χ1) is 4.34. The molecular formula is C6H5BrN2. The average Bonchev–Trinajstić information content (AvgIpc) is 1.89. The van der Waals surface area contributed by atoms with Crippen LogP contribution < -0.4 is 0 Å². The third-order valence-corrected chi connectivity index (χ3v) is 1.48. The molecule has 0 aromatic carbocycles. The Labute approximate surface area is 61.8 Å². The van der Waals surface area contributed by atoms with E-state index in [0.717, 1.165) is 10.3 Å². The number of rotatable bonds is 1. The van der Waals surface area contributed by atoms with Crippen LogP contribution in [0.4, 0.5) is 0 Å². The lowest BCUT2D eigenvalue weighted by molar-refractivity contribution is 1.14. The fourth-order valence-electron chi connectivity index (χ4n) is 0.469. The van der Waals surface area contributed by atoms with Crippen molar-refractivity contribution in [2.24, 2.45) is 0 Å². The van der Waals surface area contributed by atoms with Crippen molar-refractivity contribution in [1.82, 2.24) is 9.97 Å². The Morgan fingerprint density at radius 2 is 2.11 bits per heavy atom. The van der Waals surface area contributed by atoms with Crippen molar-refractivity contribution >= 4 is 22.0 Å². The van der Waals surface area contributed by atoms with Gasteiger partial charge in [0, 0.05) is 12.4 Å². The topological polar surface area (TPSA) is 25.8 Å². The van der Waals surface area contributed by atoms with E-state index in [0.29, 0.717) is 0 Å². The van der Waals surface area contributed by atoms with Gasteiger partial charge in [-0.3, -0.25) is 4.98 Å². The van der Waals surface area contributed by atoms with Gasteiger partial charge in [-0.05, 0) is 22.0 Å². The highest BCUT2D eigenvalue weighted by molar-refractivity contribution is 9.10. The maximum absolute atomic E-state index is 3.97. The van der Waals surface area contributed by atoms with Crippen molar-refractivity contribution in [3.05, 3.63) is 29.3 Å². The van der Waals surface area contributed by atoms with Crippen LogP contribution >= 0.6 is 15.9 Å². The Morgan fingerprint density at radius 3 is 2.56 bits per heavy atom. The molecule has 0 aliphatic rings. The molecule has 1 aromatic heterocycles. The van der Waals surface area contributed by atoms with Crippen LogP contribution in [0.2, 0.25) is 0 Å². The zero-order valence-corrected chi connectivity index (χ0v) is 6.30. The molecule has 9 heavy (non-hydrogen) atoms. The Morgan fingerprint density at radius 1 is 1.44 bits per heavy atom. The van der Waals surface area contributed by atoms with Crippen LogP contribution in [0.15, 0.2) is 23.6 Å². The molecule has 2 nitrogen and oxygen atoms in total. The molecule has 0 N–H and O–H groups in total. The Hall–Kier alpha value is -0.700. The van der Waals surface area contributed by atoms with Crippen LogP contribution in [0.5, 0.6) is 0 Å². The lowest BCUT2D eigenvalue weighted by Crippen LogP contribution is -1.83. The molecule has 1 heterocycles. The standard InChI is InChI=1S/C6H5BrN2/c1-2-5-6(7)9-4-3-8-5/h2-4H,1H2. The van der Waals surface area contributed by atoms with E-state index in [-0.39, 0.29) is 0 Å². The second kappa shape index (κ2) is 2.73. The van der Waals surface area contributed by atoms with Crippen LogP contribution in [0.3, 0.4) is 0 Å². The number of hydrogen-bond donors (Lipinski definition) is 0. The number of nitrogens with zero attached hydrogens (tertiary/aromatic N) is 2. The number of halogens is 1. The fraction of sp³-hybridized carbons (Fsp3) is 0. The van der Waals surface area contributed by atoms with Crippen molar-refractivity contribution in [1.29, 1.82) is 0 Å². The summed E-state index contributed by atoms with van der Waals surface area (Å²) >= 11 is 3.21. The minimum atomic E-state index is 0.736. The molecule has 0 radical (unpaired) electrons. The molecule has 0 spiro atoms. The molecule has 0 aliphatic heterocycles. The van der Waals surface area contributed by atoms with E-state index >= 15 is 0 Å². The van der Waals surface area contributed by atoms with Gasteiger partial charge in [-0.2, -0.15) is 0 Å². The summed E-state index contributed by atoms with van der Waals surface area (Å²) in [5.41, 5.74) is 0.775. The van der Waals surface area contributed by atoms with E-state index in [1.807, 2.05) is 0 Å². The van der Waals surface area contributed by atoms with E-state index < -0.39 is 0 Å². The summed E-state index contributed by atoms with van der Waals surface area (Å²) in [4.78, 5) is 7.90. The molecule has 0 bridgehead atoms. The van der Waals surface area contributed by atoms with Crippen LogP contribution in [0.25, 0.3) is 6.08 Å². The molecule has 0 unspecified atom stereocenters. The van der Waals surface area contributed by atoms with Crippen LogP contribution in [-0.4, -0.2) is 9.97 Å². The molecule has 0 saturated heterocycles. The maximum atomic E-state index is 3.97. The first kappa shape index (κ1) is 6.42. The predicted molar refractivity (Wildman–Crippen MR) is 39.8 cm³/mol. The zero-order chi connectivity index (χ0) is 6.69. The smallest absolute Gasteiger partial charge is 0.131 e. The minimum Gasteiger partial charge on any atom is -0.252 e. The molecular weight excluding hydrogens is 180 g/mol. The van der Waals surface area contributed by atoms with E-state index in [1.54, 1.807) is 18.5 Å². The summed E-state index contributed by atoms with van der Waals surface area (Å²) in [7, 11) is 0. The zero-order valence-electron chi connectivity index (χ0n) is 4.71. The molecule has 0 atom stereocenters. The van der Waals surface area contributed by atoms with E-state index in [4.69, 9.17) is 0 Å². The largest absolute Gasteiger partial charge is 0.252 e. The number of hydrogen-bond acceptors (Lipinski definition) is 2. The second-order valence-corrected chi connectivity index (χ2v) is 2.19. The second-order valence-electron chi connectivity index (χ2n) is 1.44. The molecule has 0 fully saturated rings. The summed E-state index contributed by atoms with van der Waals surface area (Å²) < 4.78 is 0.736. The molecule has 0 aliphatic carbocycles. The number of aromatic nitrogens is 2. The van der Waals surface area contributed by atoms with Crippen LogP contribution in [0, 0.1) is 0 Å². The van der Waals surface area contributed by atoms with E-state index in [2.05, 4.69) is 32.5 Å². The predicted octanol–water partition coefficient (Wildman–Crippen LogP) is 1.88. The first-order valence-corrected chi connectivity index (χ1v) is 3.23. The van der Waals surface area contributed by atoms with Crippen molar-refractivity contribution in [3.8, 4) is 0 Å². The Kier molecular flexibility index (Phi) is 1.95. The molecule has 1 rings (SSSR count). The van der Waals surface area contributed by atoms with Crippen molar-refractivity contribution in [2.75, 3.05) is 0 Å². The van der Waals surface area contributed by atoms with Gasteiger partial charge >= 0.3 is 0 Å². The van der Waals surface area contributed by atoms with Crippen molar-refractivity contribution < 1.29 is 0 Å². The Balaban J connectivity index is 3.15. The molecule has 0 amide bonds. The van der Waals surface area contributed by atoms with Gasteiger partial charge in [-0.1, -0.05) is 6.58 Å². The summed E-state index contributed by atoms with van der Waals surface area (Å²) in [6, 6.07) is 0. The fourth-order valence-corrected chi connectivity index (χ4v) is 0.851. The summed E-state index contributed by atoms with van der Waals surface area (Å²) in [5, 5.41) is 0. The van der Waals surface area contributed by atoms with Gasteiger partial charge in [0.25, 0.3) is 0 Å². The summed E-state index contributed by atoms with van der Waals surface area (Å²) in [6.07, 6.45) is 4.90. The quantitative estimate of drug-likeness (QED) is 0.667. The third kappa shape index (κ3) is 1.36. The maximum Gasteiger partial charge on any atom is 0.131 e. The Bertz CT molecular complexity index is 222. The third-order valence-electron chi connectivity index (χ3n) is 0.873. The van der Waals surface area contributed by atoms with Crippen LogP contribution in [-0.2, 0) is 0 Å². The van der Waals surface area contributed by atoms with E-state index in [1.165, 1.54) is 0 Å². The summed E-state index contributed by atoms with van der Waals surface area (Å²) in [6.45, 7) is 3.56. The minimum absolute atomic E-state index is 0.736. The monoisotopic (exact) mass is 184 g/mol. The SMILES string of the molecule is C=Cc1nccnc1Br. The van der Waals surface area contributed by atoms with Gasteiger partial charge in [-0.25, -0.2) is 4.98 Å². The van der Waals surface area contributed by atoms with Gasteiger partial charge in [0.1, 0.15) is 4.60 Å². The highest BCUT2D eigenvalue weighted by atomic mass is 79.9. The highest BCUT2D eigenvalue weighted by Gasteiger charge is 1.92. The molecule has 0 saturated carbocycles. The first-order valence-electron chi connectivity index (χ1n) is 2.43. The molecule has 1 aromatic rings. The van der Waals surface area contributed by atoms with Gasteiger partial charge in [0.05, 0.1) is 5.69 Å². The normalized spacial score (nSPS) is 9.00. The molecule has 3 heteroatoms.